The van der Waals surface area contributed by atoms with Crippen LogP contribution in [-0.4, -0.2) is 70.8 Å². The van der Waals surface area contributed by atoms with Gasteiger partial charge in [-0.05, 0) is 0 Å². The first-order valence-electron chi connectivity index (χ1n) is 4.67. The molecule has 0 aromatic carbocycles. The molecule has 6 N–H and O–H groups in total. The van der Waals surface area contributed by atoms with Gasteiger partial charge in [-0.2, -0.15) is 0 Å². The van der Waals surface area contributed by atoms with Gasteiger partial charge in [0, 0.05) is 13.1 Å². The maximum atomic E-state index is 10.4. The first-order chi connectivity index (χ1) is 7.52. The van der Waals surface area contributed by atoms with Gasteiger partial charge in [-0.15, -0.1) is 0 Å². The van der Waals surface area contributed by atoms with Crippen LogP contribution in [0.3, 0.4) is 0 Å². The zero-order valence-corrected chi connectivity index (χ0v) is 8.59. The predicted molar refractivity (Wildman–Crippen MR) is 53.0 cm³/mol. The van der Waals surface area contributed by atoms with Gasteiger partial charge in [-0.1, -0.05) is 0 Å². The second kappa shape index (κ2) is 7.99. The van der Waals surface area contributed by atoms with Gasteiger partial charge in [-0.25, -0.2) is 0 Å². The molecule has 16 heavy (non-hydrogen) atoms. The Kier molecular flexibility index (Phi) is 7.38. The Labute approximate surface area is 91.9 Å². The molecule has 0 aromatic heterocycles. The summed E-state index contributed by atoms with van der Waals surface area (Å²) in [6.07, 6.45) is 0. The molecule has 0 aliphatic carbocycles. The molecular weight excluding hydrogens is 220 g/mol. The van der Waals surface area contributed by atoms with E-state index in [1.165, 1.54) is 0 Å². The van der Waals surface area contributed by atoms with Gasteiger partial charge in [0.05, 0.1) is 13.2 Å². The molecular formula is C8H16N2O6. The van der Waals surface area contributed by atoms with Crippen molar-refractivity contribution in [3.05, 3.63) is 0 Å². The zero-order chi connectivity index (χ0) is 12.6. The number of hydrogen-bond acceptors (Lipinski definition) is 6. The van der Waals surface area contributed by atoms with E-state index in [0.29, 0.717) is 0 Å². The van der Waals surface area contributed by atoms with Gasteiger partial charge in [0.2, 0.25) is 0 Å². The van der Waals surface area contributed by atoms with E-state index in [4.69, 9.17) is 20.4 Å². The Morgan fingerprint density at radius 3 is 1.38 bits per heavy atom. The van der Waals surface area contributed by atoms with Crippen LogP contribution in [-0.2, 0) is 9.59 Å². The molecule has 0 heterocycles. The fourth-order valence-electron chi connectivity index (χ4n) is 0.953. The van der Waals surface area contributed by atoms with Crippen molar-refractivity contribution in [3.63, 3.8) is 0 Å². The lowest BCUT2D eigenvalue weighted by atomic mass is 10.3. The minimum atomic E-state index is -1.18. The minimum Gasteiger partial charge on any atom is -0.480 e. The van der Waals surface area contributed by atoms with Crippen LogP contribution in [0.1, 0.15) is 0 Å². The second-order valence-electron chi connectivity index (χ2n) is 3.06. The smallest absolute Gasteiger partial charge is 0.323 e. The number of aliphatic carboxylic acids is 2. The Balaban J connectivity index is 3.73. The monoisotopic (exact) mass is 236 g/mol. The van der Waals surface area contributed by atoms with Crippen molar-refractivity contribution in [2.75, 3.05) is 26.3 Å². The van der Waals surface area contributed by atoms with Crippen molar-refractivity contribution in [3.8, 4) is 0 Å². The van der Waals surface area contributed by atoms with E-state index >= 15 is 0 Å². The molecule has 0 rings (SSSR count). The third-order valence-corrected chi connectivity index (χ3v) is 1.87. The first kappa shape index (κ1) is 14.8. The summed E-state index contributed by atoms with van der Waals surface area (Å²) in [4.78, 5) is 20.9. The summed E-state index contributed by atoms with van der Waals surface area (Å²) in [5, 5.41) is 39.4. The van der Waals surface area contributed by atoms with E-state index in [-0.39, 0.29) is 13.1 Å². The summed E-state index contributed by atoms with van der Waals surface area (Å²) in [6, 6.07) is -2.14. The molecule has 8 heteroatoms. The third kappa shape index (κ3) is 5.61. The predicted octanol–water partition coefficient (Wildman–Crippen LogP) is -2.94. The summed E-state index contributed by atoms with van der Waals surface area (Å²) in [5.74, 6) is -2.36. The standard InChI is InChI=1S/C8H16N2O6/c11-3-5(7(13)14)9-1-2-10-6(4-12)8(15)16/h5-6,9-12H,1-4H2,(H,13,14)(H,15,16). The third-order valence-electron chi connectivity index (χ3n) is 1.87. The normalized spacial score (nSPS) is 14.4. The highest BCUT2D eigenvalue weighted by Crippen LogP contribution is 1.83. The van der Waals surface area contributed by atoms with Crippen LogP contribution in [0.4, 0.5) is 0 Å². The van der Waals surface area contributed by atoms with Crippen molar-refractivity contribution < 1.29 is 30.0 Å². The van der Waals surface area contributed by atoms with Crippen LogP contribution in [0.25, 0.3) is 0 Å². The van der Waals surface area contributed by atoms with Crippen LogP contribution < -0.4 is 10.6 Å². The van der Waals surface area contributed by atoms with Gasteiger partial charge in [0.1, 0.15) is 12.1 Å². The first-order valence-corrected chi connectivity index (χ1v) is 4.67. The number of carboxylic acid groups (broad SMARTS) is 2. The Hall–Kier alpha value is -1.22. The lowest BCUT2D eigenvalue weighted by Gasteiger charge is -2.14. The molecule has 0 spiro atoms. The fraction of sp³-hybridized carbons (Fsp3) is 0.750. The quantitative estimate of drug-likeness (QED) is 0.234. The molecule has 0 aromatic rings. The molecule has 0 saturated carbocycles. The lowest BCUT2D eigenvalue weighted by Crippen LogP contribution is -2.46. The average molecular weight is 236 g/mol. The molecule has 94 valence electrons. The molecule has 0 amide bonds. The Morgan fingerprint density at radius 1 is 0.875 bits per heavy atom. The molecule has 8 nitrogen and oxygen atoms in total. The van der Waals surface area contributed by atoms with Crippen molar-refractivity contribution in [1.82, 2.24) is 10.6 Å². The topological polar surface area (TPSA) is 139 Å². The van der Waals surface area contributed by atoms with E-state index in [1.807, 2.05) is 0 Å². The minimum absolute atomic E-state index is 0.168. The largest absolute Gasteiger partial charge is 0.480 e. The SMILES string of the molecule is O=C(O)C(CO)NCCNC(CO)C(=O)O. The van der Waals surface area contributed by atoms with Crippen LogP contribution in [0.5, 0.6) is 0 Å². The molecule has 0 radical (unpaired) electrons. The zero-order valence-electron chi connectivity index (χ0n) is 8.59. The molecule has 2 atom stereocenters. The van der Waals surface area contributed by atoms with Crippen molar-refractivity contribution >= 4 is 11.9 Å². The van der Waals surface area contributed by atoms with E-state index < -0.39 is 37.2 Å². The fourth-order valence-corrected chi connectivity index (χ4v) is 0.953. The summed E-state index contributed by atoms with van der Waals surface area (Å²) in [7, 11) is 0. The number of carbonyl (C=O) groups is 2. The molecule has 0 fully saturated rings. The highest BCUT2D eigenvalue weighted by Gasteiger charge is 2.16. The van der Waals surface area contributed by atoms with Crippen LogP contribution in [0.15, 0.2) is 0 Å². The number of nitrogens with one attached hydrogen (secondary N) is 2. The maximum Gasteiger partial charge on any atom is 0.323 e. The molecule has 0 saturated heterocycles. The van der Waals surface area contributed by atoms with E-state index in [1.54, 1.807) is 0 Å². The number of hydrogen-bond donors (Lipinski definition) is 6. The number of aliphatic hydroxyl groups is 2. The van der Waals surface area contributed by atoms with Crippen molar-refractivity contribution in [2.45, 2.75) is 12.1 Å². The number of aliphatic hydroxyl groups excluding tert-OH is 2. The van der Waals surface area contributed by atoms with Gasteiger partial charge in [0.15, 0.2) is 0 Å². The second-order valence-corrected chi connectivity index (χ2v) is 3.06. The van der Waals surface area contributed by atoms with Gasteiger partial charge in [0.25, 0.3) is 0 Å². The van der Waals surface area contributed by atoms with Crippen molar-refractivity contribution in [2.24, 2.45) is 0 Å². The highest BCUT2D eigenvalue weighted by atomic mass is 16.4. The van der Waals surface area contributed by atoms with Crippen LogP contribution in [0, 0.1) is 0 Å². The van der Waals surface area contributed by atoms with Gasteiger partial charge < -0.3 is 31.1 Å². The Morgan fingerprint density at radius 2 is 1.19 bits per heavy atom. The summed E-state index contributed by atoms with van der Waals surface area (Å²) in [6.45, 7) is -0.752. The molecule has 2 unspecified atom stereocenters. The maximum absolute atomic E-state index is 10.4. The molecule has 0 aliphatic heterocycles. The number of carboxylic acids is 2. The molecule has 0 aliphatic rings. The van der Waals surface area contributed by atoms with E-state index in [2.05, 4.69) is 10.6 Å². The van der Waals surface area contributed by atoms with Gasteiger partial charge in [-0.3, -0.25) is 9.59 Å². The van der Waals surface area contributed by atoms with Crippen LogP contribution in [0.2, 0.25) is 0 Å². The van der Waals surface area contributed by atoms with Crippen LogP contribution >= 0.6 is 0 Å². The Bertz CT molecular complexity index is 211. The lowest BCUT2D eigenvalue weighted by molar-refractivity contribution is -0.141. The van der Waals surface area contributed by atoms with Crippen molar-refractivity contribution in [1.29, 1.82) is 0 Å². The average Bonchev–Trinajstić information content (AvgIpc) is 2.22. The van der Waals surface area contributed by atoms with E-state index in [9.17, 15) is 9.59 Å². The number of rotatable bonds is 9. The summed E-state index contributed by atoms with van der Waals surface area (Å²) >= 11 is 0. The summed E-state index contributed by atoms with van der Waals surface area (Å²) in [5.41, 5.74) is 0. The van der Waals surface area contributed by atoms with E-state index in [0.717, 1.165) is 0 Å². The highest BCUT2D eigenvalue weighted by molar-refractivity contribution is 5.74. The molecule has 0 bridgehead atoms. The van der Waals surface area contributed by atoms with Gasteiger partial charge >= 0.3 is 11.9 Å². The summed E-state index contributed by atoms with van der Waals surface area (Å²) < 4.78 is 0.